The van der Waals surface area contributed by atoms with Crippen molar-refractivity contribution in [2.45, 2.75) is 36.9 Å². The molecule has 2 aliphatic heterocycles. The monoisotopic (exact) mass is 581 g/mol. The smallest absolute Gasteiger partial charge is 0.416 e. The molecule has 0 bridgehead atoms. The summed E-state index contributed by atoms with van der Waals surface area (Å²) >= 11 is 1.33. The summed E-state index contributed by atoms with van der Waals surface area (Å²) in [6, 6.07) is 6.86. The van der Waals surface area contributed by atoms with Gasteiger partial charge < -0.3 is 29.3 Å². The second kappa shape index (κ2) is 13.0. The predicted molar refractivity (Wildman–Crippen MR) is 146 cm³/mol. The van der Waals surface area contributed by atoms with Gasteiger partial charge in [0.05, 0.1) is 26.9 Å². The van der Waals surface area contributed by atoms with E-state index in [0.717, 1.165) is 44.6 Å². The van der Waals surface area contributed by atoms with Gasteiger partial charge in [0.1, 0.15) is 11.4 Å². The molecule has 2 amide bonds. The molecular weight excluding hydrogens is 547 g/mol. The van der Waals surface area contributed by atoms with E-state index < -0.39 is 29.1 Å². The number of ether oxygens (including phenoxy) is 3. The lowest BCUT2D eigenvalue weighted by Gasteiger charge is -2.30. The molecule has 0 saturated carbocycles. The summed E-state index contributed by atoms with van der Waals surface area (Å²) in [5.74, 6) is 0.349. The van der Waals surface area contributed by atoms with E-state index in [2.05, 4.69) is 10.2 Å². The van der Waals surface area contributed by atoms with Gasteiger partial charge in [-0.05, 0) is 55.8 Å². The zero-order chi connectivity index (χ0) is 28.9. The highest BCUT2D eigenvalue weighted by Crippen LogP contribution is 2.45. The quantitative estimate of drug-likeness (QED) is 0.464. The third-order valence-electron chi connectivity index (χ3n) is 7.15. The maximum Gasteiger partial charge on any atom is 0.416 e. The van der Waals surface area contributed by atoms with Gasteiger partial charge >= 0.3 is 6.18 Å². The first kappa shape index (κ1) is 29.9. The second-order valence-corrected chi connectivity index (χ2v) is 10.8. The van der Waals surface area contributed by atoms with Crippen molar-refractivity contribution in [3.05, 3.63) is 53.1 Å². The summed E-state index contributed by atoms with van der Waals surface area (Å²) in [6.45, 7) is 3.15. The number of benzene rings is 2. The lowest BCUT2D eigenvalue weighted by atomic mass is 10.1. The van der Waals surface area contributed by atoms with Gasteiger partial charge in [-0.1, -0.05) is 18.6 Å². The van der Waals surface area contributed by atoms with Crippen LogP contribution in [0, 0.1) is 0 Å². The summed E-state index contributed by atoms with van der Waals surface area (Å²) in [7, 11) is 4.31. The molecule has 4 rings (SSSR count). The molecule has 8 nitrogen and oxygen atoms in total. The summed E-state index contributed by atoms with van der Waals surface area (Å²) in [6.07, 6.45) is -0.993. The Balaban J connectivity index is 1.62. The van der Waals surface area contributed by atoms with Crippen molar-refractivity contribution in [3.63, 3.8) is 0 Å². The van der Waals surface area contributed by atoms with Crippen molar-refractivity contribution < 1.29 is 37.0 Å². The van der Waals surface area contributed by atoms with Crippen molar-refractivity contribution in [2.24, 2.45) is 0 Å². The summed E-state index contributed by atoms with van der Waals surface area (Å²) in [5, 5.41) is 2.29. The number of alkyl halides is 3. The van der Waals surface area contributed by atoms with Gasteiger partial charge in [-0.15, -0.1) is 11.8 Å². The molecular formula is C28H34F3N3O5S. The number of nitrogens with zero attached hydrogens (tertiary/aromatic N) is 2. The Morgan fingerprint density at radius 2 is 1.60 bits per heavy atom. The van der Waals surface area contributed by atoms with Crippen LogP contribution in [0.25, 0.3) is 0 Å². The molecule has 2 heterocycles. The van der Waals surface area contributed by atoms with Crippen LogP contribution in [0.5, 0.6) is 17.2 Å². The predicted octanol–water partition coefficient (Wildman–Crippen LogP) is 4.59. The third kappa shape index (κ3) is 6.60. The van der Waals surface area contributed by atoms with E-state index in [1.54, 1.807) is 0 Å². The van der Waals surface area contributed by atoms with Crippen LogP contribution in [0.4, 0.5) is 13.2 Å². The largest absolute Gasteiger partial charge is 0.493 e. The molecule has 1 N–H and O–H groups in total. The number of carbonyl (C=O) groups is 2. The zero-order valence-electron chi connectivity index (χ0n) is 22.8. The molecule has 2 unspecified atom stereocenters. The van der Waals surface area contributed by atoms with Crippen LogP contribution in [-0.2, 0) is 11.0 Å². The zero-order valence-corrected chi connectivity index (χ0v) is 23.6. The average molecular weight is 582 g/mol. The topological polar surface area (TPSA) is 80.3 Å². The standard InChI is InChI=1S/C28H34F3N3O5S/c1-37-22-15-19(16-23(38-2)24(22)39-3)26(36)34-21(25(35)32-11-14-33-12-5-4-6-13-33)17-40-27(34)18-7-9-20(10-8-18)28(29,30)31/h7-10,15-16,21,27H,4-6,11-14,17H2,1-3H3,(H,32,35). The molecule has 0 aromatic heterocycles. The number of likely N-dealkylation sites (tertiary alicyclic amines) is 1. The average Bonchev–Trinajstić information content (AvgIpc) is 3.41. The van der Waals surface area contributed by atoms with Gasteiger partial charge in [-0.3, -0.25) is 9.59 Å². The molecule has 2 aromatic rings. The maximum absolute atomic E-state index is 14.0. The van der Waals surface area contributed by atoms with Gasteiger partial charge in [-0.2, -0.15) is 13.2 Å². The van der Waals surface area contributed by atoms with Crippen molar-refractivity contribution >= 4 is 23.6 Å². The number of hydrogen-bond donors (Lipinski definition) is 1. The molecule has 2 fully saturated rings. The first-order valence-electron chi connectivity index (χ1n) is 13.1. The molecule has 218 valence electrons. The summed E-state index contributed by atoms with van der Waals surface area (Å²) in [5.41, 5.74) is -0.101. The highest BCUT2D eigenvalue weighted by atomic mass is 32.2. The van der Waals surface area contributed by atoms with Crippen molar-refractivity contribution in [1.82, 2.24) is 15.1 Å². The lowest BCUT2D eigenvalue weighted by molar-refractivity contribution is -0.137. The molecule has 0 aliphatic carbocycles. The third-order valence-corrected chi connectivity index (χ3v) is 8.47. The van der Waals surface area contributed by atoms with Crippen LogP contribution < -0.4 is 19.5 Å². The van der Waals surface area contributed by atoms with E-state index in [1.807, 2.05) is 0 Å². The lowest BCUT2D eigenvalue weighted by Crippen LogP contribution is -2.49. The molecule has 12 heteroatoms. The number of carbonyl (C=O) groups excluding carboxylic acids is 2. The van der Waals surface area contributed by atoms with Crippen LogP contribution in [0.1, 0.15) is 46.1 Å². The molecule has 2 saturated heterocycles. The first-order valence-corrected chi connectivity index (χ1v) is 14.1. The Kier molecular flexibility index (Phi) is 9.72. The van der Waals surface area contributed by atoms with E-state index in [0.29, 0.717) is 17.9 Å². The van der Waals surface area contributed by atoms with E-state index in [-0.39, 0.29) is 28.7 Å². The number of rotatable bonds is 9. The number of thioether (sulfide) groups is 1. The van der Waals surface area contributed by atoms with Gasteiger partial charge in [0.15, 0.2) is 11.5 Å². The molecule has 2 aromatic carbocycles. The maximum atomic E-state index is 14.0. The number of hydrogen-bond acceptors (Lipinski definition) is 7. The Labute approximate surface area is 236 Å². The number of nitrogens with one attached hydrogen (secondary N) is 1. The normalized spacial score (nSPS) is 19.8. The fraction of sp³-hybridized carbons (Fsp3) is 0.500. The minimum atomic E-state index is -4.48. The summed E-state index contributed by atoms with van der Waals surface area (Å²) < 4.78 is 55.7. The fourth-order valence-electron chi connectivity index (χ4n) is 5.04. The molecule has 2 aliphatic rings. The molecule has 0 spiro atoms. The number of piperidine rings is 1. The van der Waals surface area contributed by atoms with Gasteiger partial charge in [-0.25, -0.2) is 0 Å². The molecule has 40 heavy (non-hydrogen) atoms. The highest BCUT2D eigenvalue weighted by Gasteiger charge is 2.43. The highest BCUT2D eigenvalue weighted by molar-refractivity contribution is 7.99. The van der Waals surface area contributed by atoms with Crippen molar-refractivity contribution in [2.75, 3.05) is 53.3 Å². The Morgan fingerprint density at radius 1 is 0.975 bits per heavy atom. The van der Waals surface area contributed by atoms with E-state index in [1.165, 1.54) is 68.7 Å². The minimum Gasteiger partial charge on any atom is -0.493 e. The fourth-order valence-corrected chi connectivity index (χ4v) is 6.47. The van der Waals surface area contributed by atoms with Crippen molar-refractivity contribution in [1.29, 1.82) is 0 Å². The van der Waals surface area contributed by atoms with Crippen LogP contribution >= 0.6 is 11.8 Å². The van der Waals surface area contributed by atoms with Crippen LogP contribution in [0.2, 0.25) is 0 Å². The van der Waals surface area contributed by atoms with Crippen molar-refractivity contribution in [3.8, 4) is 17.2 Å². The number of halogens is 3. The Morgan fingerprint density at radius 3 is 2.15 bits per heavy atom. The van der Waals surface area contributed by atoms with Gasteiger partial charge in [0.2, 0.25) is 11.7 Å². The van der Waals surface area contributed by atoms with Gasteiger partial charge in [0, 0.05) is 24.4 Å². The minimum absolute atomic E-state index is 0.194. The Bertz CT molecular complexity index is 1160. The Hall–Kier alpha value is -3.12. The number of methoxy groups -OCH3 is 3. The van der Waals surface area contributed by atoms with E-state index in [9.17, 15) is 22.8 Å². The van der Waals surface area contributed by atoms with Crippen LogP contribution in [-0.4, -0.2) is 80.9 Å². The SMILES string of the molecule is COc1cc(C(=O)N2C(C(=O)NCCN3CCCCC3)CSC2c2ccc(C(F)(F)F)cc2)cc(OC)c1OC. The summed E-state index contributed by atoms with van der Waals surface area (Å²) in [4.78, 5) is 31.1. The first-order chi connectivity index (χ1) is 19.2. The van der Waals surface area contributed by atoms with Gasteiger partial charge in [0.25, 0.3) is 5.91 Å². The van der Waals surface area contributed by atoms with Crippen LogP contribution in [0.15, 0.2) is 36.4 Å². The van der Waals surface area contributed by atoms with E-state index >= 15 is 0 Å². The van der Waals surface area contributed by atoms with E-state index in [4.69, 9.17) is 14.2 Å². The molecule has 0 radical (unpaired) electrons. The molecule has 2 atom stereocenters. The van der Waals surface area contributed by atoms with Crippen LogP contribution in [0.3, 0.4) is 0 Å². The second-order valence-electron chi connectivity index (χ2n) is 9.64. The number of amides is 2.